The zero-order valence-corrected chi connectivity index (χ0v) is 26.8. The van der Waals surface area contributed by atoms with Crippen molar-refractivity contribution in [3.8, 4) is 0 Å². The first-order chi connectivity index (χ1) is 21.5. The van der Waals surface area contributed by atoms with Crippen molar-refractivity contribution in [1.82, 2.24) is 9.80 Å². The Balaban J connectivity index is 1.31. The Morgan fingerprint density at radius 3 is 2.20 bits per heavy atom. The van der Waals surface area contributed by atoms with Crippen molar-refractivity contribution in [3.63, 3.8) is 0 Å². The molecule has 1 saturated heterocycles. The molecule has 0 bridgehead atoms. The van der Waals surface area contributed by atoms with Crippen LogP contribution in [0, 0.1) is 16.0 Å². The van der Waals surface area contributed by atoms with E-state index in [2.05, 4.69) is 30.0 Å². The molecule has 1 heterocycles. The van der Waals surface area contributed by atoms with E-state index in [1.807, 2.05) is 37.3 Å². The largest absolute Gasteiger partial charge is 0.530 e. The van der Waals surface area contributed by atoms with Crippen LogP contribution in [0.4, 0.5) is 10.5 Å². The Labute approximate surface area is 266 Å². The maximum Gasteiger partial charge on any atom is 0.269 e. The standard InChI is InChI=1S/C35H43N3O6S/c1-28(45(43,44)33-13-7-4-8-14-33)26-35(2,31-11-5-3-6-12-31)21-25-36-23-19-29(20-24-36)10-9-22-37(34(39)40)27-30-15-17-32(18-16-30)38(41)42/h3-18,28-29H,19-27H2,1-2H3,(H,39,40)/p-1. The molecular weight excluding hydrogens is 590 g/mol. The van der Waals surface area contributed by atoms with Crippen LogP contribution in [0.1, 0.15) is 50.7 Å². The summed E-state index contributed by atoms with van der Waals surface area (Å²) in [6, 6.07) is 24.7. The molecule has 1 fully saturated rings. The molecule has 0 aliphatic carbocycles. The van der Waals surface area contributed by atoms with Crippen LogP contribution in [-0.4, -0.2) is 60.7 Å². The van der Waals surface area contributed by atoms with E-state index in [4.69, 9.17) is 0 Å². The predicted molar refractivity (Wildman–Crippen MR) is 173 cm³/mol. The second-order valence-electron chi connectivity index (χ2n) is 12.2. The smallest absolute Gasteiger partial charge is 0.269 e. The Morgan fingerprint density at radius 2 is 1.62 bits per heavy atom. The number of carboxylic acid groups (broad SMARTS) is 1. The van der Waals surface area contributed by atoms with E-state index >= 15 is 0 Å². The molecule has 0 N–H and O–H groups in total. The van der Waals surface area contributed by atoms with Crippen molar-refractivity contribution in [2.45, 2.75) is 61.6 Å². The summed E-state index contributed by atoms with van der Waals surface area (Å²) in [5.41, 5.74) is 1.43. The average Bonchev–Trinajstić information content (AvgIpc) is 3.05. The SMILES string of the molecule is CC(CC(C)(CCN1CCC(C=CCN(Cc2ccc([N+](=O)[O-])cc2)C(=O)[O-])CC1)c1ccccc1)S(=O)(=O)c1ccccc1. The number of benzene rings is 3. The third-order valence-corrected chi connectivity index (χ3v) is 11.1. The molecule has 3 aromatic rings. The van der Waals surface area contributed by atoms with Gasteiger partial charge in [0.2, 0.25) is 0 Å². The Morgan fingerprint density at radius 1 is 1.02 bits per heavy atom. The van der Waals surface area contributed by atoms with Crippen LogP contribution in [0.3, 0.4) is 0 Å². The lowest BCUT2D eigenvalue weighted by Gasteiger charge is -2.37. The first-order valence-corrected chi connectivity index (χ1v) is 17.0. The van der Waals surface area contributed by atoms with Crippen LogP contribution < -0.4 is 5.11 Å². The molecule has 1 aliphatic rings. The maximum atomic E-state index is 13.4. The lowest BCUT2D eigenvalue weighted by Crippen LogP contribution is -2.41. The van der Waals surface area contributed by atoms with Gasteiger partial charge in [-0.2, -0.15) is 0 Å². The highest BCUT2D eigenvalue weighted by molar-refractivity contribution is 7.92. The number of nitro benzene ring substituents is 1. The minimum Gasteiger partial charge on any atom is -0.530 e. The summed E-state index contributed by atoms with van der Waals surface area (Å²) in [5, 5.41) is 22.0. The van der Waals surface area contributed by atoms with Crippen LogP contribution in [0.2, 0.25) is 0 Å². The summed E-state index contributed by atoms with van der Waals surface area (Å²) < 4.78 is 26.8. The summed E-state index contributed by atoms with van der Waals surface area (Å²) in [5.74, 6) is 0.334. The number of non-ortho nitro benzene ring substituents is 1. The van der Waals surface area contributed by atoms with Gasteiger partial charge in [0, 0.05) is 25.2 Å². The van der Waals surface area contributed by atoms with Crippen LogP contribution >= 0.6 is 0 Å². The average molecular weight is 633 g/mol. The number of allylic oxidation sites excluding steroid dienone is 1. The van der Waals surface area contributed by atoms with E-state index in [-0.39, 0.29) is 24.2 Å². The van der Waals surface area contributed by atoms with Gasteiger partial charge in [-0.3, -0.25) is 10.1 Å². The molecule has 1 amide bonds. The van der Waals surface area contributed by atoms with Crippen molar-refractivity contribution in [3.05, 3.63) is 118 Å². The fourth-order valence-corrected chi connectivity index (χ4v) is 7.68. The fraction of sp³-hybridized carbons (Fsp3) is 0.400. The molecule has 2 atom stereocenters. The Kier molecular flexibility index (Phi) is 11.5. The molecule has 9 nitrogen and oxygen atoms in total. The van der Waals surface area contributed by atoms with Gasteiger partial charge >= 0.3 is 0 Å². The molecule has 240 valence electrons. The second-order valence-corrected chi connectivity index (χ2v) is 14.6. The first kappa shape index (κ1) is 33.9. The fourth-order valence-electron chi connectivity index (χ4n) is 6.09. The van der Waals surface area contributed by atoms with Gasteiger partial charge in [-0.05, 0) is 86.8 Å². The number of sulfone groups is 1. The van der Waals surface area contributed by atoms with Crippen molar-refractivity contribution < 1.29 is 23.2 Å². The monoisotopic (exact) mass is 632 g/mol. The van der Waals surface area contributed by atoms with E-state index in [1.54, 1.807) is 36.4 Å². The molecule has 4 rings (SSSR count). The third-order valence-electron chi connectivity index (χ3n) is 8.94. The normalized spacial score (nSPS) is 16.7. The third kappa shape index (κ3) is 9.25. The number of hydrogen-bond acceptors (Lipinski definition) is 7. The number of piperidine rings is 1. The van der Waals surface area contributed by atoms with E-state index in [0.29, 0.717) is 22.8 Å². The van der Waals surface area contributed by atoms with Crippen LogP contribution in [0.15, 0.2) is 102 Å². The summed E-state index contributed by atoms with van der Waals surface area (Å²) in [4.78, 5) is 26.0. The molecule has 0 spiro atoms. The quantitative estimate of drug-likeness (QED) is 0.129. The number of hydrogen-bond donors (Lipinski definition) is 0. The highest BCUT2D eigenvalue weighted by Crippen LogP contribution is 2.36. The molecule has 1 aliphatic heterocycles. The topological polar surface area (TPSA) is 124 Å². The van der Waals surface area contributed by atoms with Gasteiger partial charge in [-0.25, -0.2) is 8.42 Å². The zero-order valence-electron chi connectivity index (χ0n) is 26.0. The number of likely N-dealkylation sites (tertiary alicyclic amines) is 1. The minimum atomic E-state index is -3.46. The van der Waals surface area contributed by atoms with E-state index in [0.717, 1.165) is 44.5 Å². The van der Waals surface area contributed by atoms with Crippen molar-refractivity contribution in [2.24, 2.45) is 5.92 Å². The lowest BCUT2D eigenvalue weighted by molar-refractivity contribution is -0.384. The van der Waals surface area contributed by atoms with Crippen LogP contribution in [0.5, 0.6) is 0 Å². The van der Waals surface area contributed by atoms with Gasteiger partial charge in [0.15, 0.2) is 9.84 Å². The molecule has 0 aromatic heterocycles. The molecule has 10 heteroatoms. The van der Waals surface area contributed by atoms with Gasteiger partial charge < -0.3 is 19.7 Å². The summed E-state index contributed by atoms with van der Waals surface area (Å²) in [7, 11) is -3.46. The van der Waals surface area contributed by atoms with E-state index < -0.39 is 26.1 Å². The molecule has 0 saturated carbocycles. The number of carbonyl (C=O) groups excluding carboxylic acids is 1. The number of nitrogens with zero attached hydrogens (tertiary/aromatic N) is 3. The van der Waals surface area contributed by atoms with Crippen LogP contribution in [0.25, 0.3) is 0 Å². The summed E-state index contributed by atoms with van der Waals surface area (Å²) >= 11 is 0. The minimum absolute atomic E-state index is 0.0414. The van der Waals surface area contributed by atoms with Gasteiger partial charge in [0.05, 0.1) is 15.1 Å². The summed E-state index contributed by atoms with van der Waals surface area (Å²) in [6.07, 6.45) is 5.89. The highest BCUT2D eigenvalue weighted by atomic mass is 32.2. The van der Waals surface area contributed by atoms with Gasteiger partial charge in [0.1, 0.15) is 6.09 Å². The lowest BCUT2D eigenvalue weighted by atomic mass is 9.75. The highest BCUT2D eigenvalue weighted by Gasteiger charge is 2.35. The number of carbonyl (C=O) groups is 1. The zero-order chi connectivity index (χ0) is 32.5. The van der Waals surface area contributed by atoms with E-state index in [1.165, 1.54) is 17.0 Å². The molecule has 2 unspecified atom stereocenters. The van der Waals surface area contributed by atoms with Crippen molar-refractivity contribution >= 4 is 21.6 Å². The molecule has 0 radical (unpaired) electrons. The molecule has 45 heavy (non-hydrogen) atoms. The second kappa shape index (κ2) is 15.3. The van der Waals surface area contributed by atoms with Gasteiger partial charge in [-0.1, -0.05) is 79.7 Å². The Hall–Kier alpha value is -4.02. The number of nitro groups is 1. The molecular formula is C35H42N3O6S-. The van der Waals surface area contributed by atoms with Gasteiger partial charge in [0.25, 0.3) is 5.69 Å². The van der Waals surface area contributed by atoms with Crippen molar-refractivity contribution in [2.75, 3.05) is 26.2 Å². The number of rotatable bonds is 14. The molecule has 3 aromatic carbocycles. The maximum absolute atomic E-state index is 13.4. The summed E-state index contributed by atoms with van der Waals surface area (Å²) in [6.45, 7) is 6.93. The first-order valence-electron chi connectivity index (χ1n) is 15.4. The van der Waals surface area contributed by atoms with Crippen molar-refractivity contribution in [1.29, 1.82) is 0 Å². The number of amides is 1. The van der Waals surface area contributed by atoms with Gasteiger partial charge in [-0.15, -0.1) is 0 Å². The van der Waals surface area contributed by atoms with E-state index in [9.17, 15) is 28.4 Å². The predicted octanol–water partition coefficient (Wildman–Crippen LogP) is 5.61. The van der Waals surface area contributed by atoms with Crippen LogP contribution in [-0.2, 0) is 21.8 Å². The Bertz CT molecular complexity index is 1540.